The number of aryl methyl sites for hydroxylation is 6. The zero-order valence-corrected chi connectivity index (χ0v) is 13.9. The summed E-state index contributed by atoms with van der Waals surface area (Å²) in [5, 5.41) is 15.6. The fourth-order valence-corrected chi connectivity index (χ4v) is 2.64. The van der Waals surface area contributed by atoms with E-state index in [1.807, 2.05) is 79.3 Å². The third-order valence-corrected chi connectivity index (χ3v) is 3.47. The maximum Gasteiger partial charge on any atom is 0.0635 e. The summed E-state index contributed by atoms with van der Waals surface area (Å²) in [5.74, 6) is 0. The Labute approximate surface area is 129 Å². The van der Waals surface area contributed by atoms with Gasteiger partial charge in [0, 0.05) is 0 Å². The summed E-state index contributed by atoms with van der Waals surface area (Å²) in [6, 6.07) is 6.10. The van der Waals surface area contributed by atoms with Crippen molar-refractivity contribution in [3.05, 3.63) is 52.4 Å². The average Bonchev–Trinajstić information content (AvgIpc) is 3.02. The van der Waals surface area contributed by atoms with E-state index in [0.717, 1.165) is 34.2 Å². The molecule has 22 heavy (non-hydrogen) atoms. The fourth-order valence-electron chi connectivity index (χ4n) is 2.64. The Bertz CT molecular complexity index is 711. The summed E-state index contributed by atoms with van der Waals surface area (Å²) < 4.78 is 0. The lowest BCUT2D eigenvalue weighted by molar-refractivity contribution is 0.334. The number of rotatable bonds is 3. The van der Waals surface area contributed by atoms with Crippen LogP contribution < -0.4 is 5.23 Å². The molecule has 3 heterocycles. The first-order valence-electron chi connectivity index (χ1n) is 7.27. The van der Waals surface area contributed by atoms with Gasteiger partial charge >= 0.3 is 0 Å². The Morgan fingerprint density at radius 2 is 0.864 bits per heavy atom. The Balaban J connectivity index is 2.25. The highest BCUT2D eigenvalue weighted by Crippen LogP contribution is 2.11. The second kappa shape index (κ2) is 5.01. The van der Waals surface area contributed by atoms with Crippen LogP contribution in [0.3, 0.4) is 0 Å². The first-order chi connectivity index (χ1) is 10.4. The molecule has 0 radical (unpaired) electrons. The SMILES string of the molecule is Cc1cc(C)n(N(n2nc(C)cc2C)n2nc(C)cc2C)n1. The van der Waals surface area contributed by atoms with E-state index < -0.39 is 0 Å². The zero-order chi connectivity index (χ0) is 16.0. The van der Waals surface area contributed by atoms with Crippen molar-refractivity contribution in [3.63, 3.8) is 0 Å². The summed E-state index contributed by atoms with van der Waals surface area (Å²) in [6.45, 7) is 12.0. The lowest BCUT2D eigenvalue weighted by Crippen LogP contribution is -2.47. The minimum absolute atomic E-state index is 0.950. The average molecular weight is 299 g/mol. The standard InChI is InChI=1S/C15H21N7/c1-10-7-13(4)19(16-10)22(20-14(5)8-11(2)17-20)21-15(6)9-12(3)18-21/h7-9H,1-6H3. The highest BCUT2D eigenvalue weighted by Gasteiger charge is 2.20. The Hall–Kier alpha value is -2.57. The smallest absolute Gasteiger partial charge is 0.0635 e. The third kappa shape index (κ3) is 2.28. The zero-order valence-electron chi connectivity index (χ0n) is 13.9. The van der Waals surface area contributed by atoms with Crippen LogP contribution in [0, 0.1) is 41.5 Å². The van der Waals surface area contributed by atoms with Crippen molar-refractivity contribution in [2.45, 2.75) is 41.5 Å². The molecule has 0 unspecified atom stereocenters. The summed E-state index contributed by atoms with van der Waals surface area (Å²) in [7, 11) is 0. The number of hydrogen-bond acceptors (Lipinski definition) is 4. The van der Waals surface area contributed by atoms with Gasteiger partial charge in [-0.1, -0.05) is 5.23 Å². The van der Waals surface area contributed by atoms with Crippen molar-refractivity contribution < 1.29 is 0 Å². The molecule has 3 aromatic heterocycles. The summed E-state index contributed by atoms with van der Waals surface area (Å²) >= 11 is 0. The minimum Gasteiger partial charge on any atom is -0.154 e. The molecule has 0 aliphatic heterocycles. The number of aromatic nitrogens is 6. The van der Waals surface area contributed by atoms with Crippen LogP contribution in [0.4, 0.5) is 0 Å². The fraction of sp³-hybridized carbons (Fsp3) is 0.400. The molecule has 0 N–H and O–H groups in total. The molecule has 0 aliphatic rings. The van der Waals surface area contributed by atoms with Crippen LogP contribution in [0.1, 0.15) is 34.2 Å². The highest BCUT2D eigenvalue weighted by molar-refractivity contribution is 5.15. The molecule has 0 amide bonds. The van der Waals surface area contributed by atoms with E-state index in [4.69, 9.17) is 0 Å². The molecule has 0 saturated heterocycles. The highest BCUT2D eigenvalue weighted by atomic mass is 16.0. The van der Waals surface area contributed by atoms with Gasteiger partial charge in [-0.2, -0.15) is 15.3 Å². The first kappa shape index (κ1) is 14.4. The Kier molecular flexibility index (Phi) is 3.27. The minimum atomic E-state index is 0.950. The van der Waals surface area contributed by atoms with Gasteiger partial charge in [-0.25, -0.2) is 0 Å². The summed E-state index contributed by atoms with van der Waals surface area (Å²) in [4.78, 5) is 5.44. The van der Waals surface area contributed by atoms with Gasteiger partial charge in [-0.3, -0.25) is 0 Å². The normalized spacial score (nSPS) is 11.2. The lowest BCUT2D eigenvalue weighted by atomic mass is 10.4. The van der Waals surface area contributed by atoms with Crippen molar-refractivity contribution in [2.24, 2.45) is 0 Å². The number of hydrogen-bond donors (Lipinski definition) is 0. The second-order valence-corrected chi connectivity index (χ2v) is 5.72. The molecule has 0 saturated carbocycles. The predicted octanol–water partition coefficient (Wildman–Crippen LogP) is 1.99. The van der Waals surface area contributed by atoms with Gasteiger partial charge in [0.2, 0.25) is 0 Å². The first-order valence-corrected chi connectivity index (χ1v) is 7.27. The van der Waals surface area contributed by atoms with Crippen molar-refractivity contribution in [2.75, 3.05) is 5.23 Å². The maximum atomic E-state index is 4.58. The molecule has 3 aromatic rings. The largest absolute Gasteiger partial charge is 0.154 e. The van der Waals surface area contributed by atoms with E-state index in [-0.39, 0.29) is 0 Å². The molecule has 0 aromatic carbocycles. The molecule has 7 nitrogen and oxygen atoms in total. The third-order valence-electron chi connectivity index (χ3n) is 3.47. The van der Waals surface area contributed by atoms with Gasteiger partial charge in [0.15, 0.2) is 0 Å². The van der Waals surface area contributed by atoms with Crippen molar-refractivity contribution in [3.8, 4) is 0 Å². The molecule has 0 spiro atoms. The van der Waals surface area contributed by atoms with Crippen LogP contribution in [0.15, 0.2) is 18.2 Å². The Morgan fingerprint density at radius 1 is 0.591 bits per heavy atom. The van der Waals surface area contributed by atoms with Gasteiger partial charge in [-0.05, 0) is 59.7 Å². The van der Waals surface area contributed by atoms with E-state index in [2.05, 4.69) is 15.3 Å². The van der Waals surface area contributed by atoms with E-state index in [9.17, 15) is 0 Å². The maximum absolute atomic E-state index is 4.58. The Morgan fingerprint density at radius 3 is 1.05 bits per heavy atom. The molecule has 0 atom stereocenters. The molecular formula is C15H21N7. The molecule has 3 rings (SSSR count). The van der Waals surface area contributed by atoms with Gasteiger partial charge < -0.3 is 0 Å². The van der Waals surface area contributed by atoms with Crippen LogP contribution in [0.5, 0.6) is 0 Å². The van der Waals surface area contributed by atoms with Gasteiger partial charge in [0.1, 0.15) is 0 Å². The quantitative estimate of drug-likeness (QED) is 0.742. The predicted molar refractivity (Wildman–Crippen MR) is 84.1 cm³/mol. The van der Waals surface area contributed by atoms with Crippen LogP contribution in [-0.4, -0.2) is 29.7 Å². The van der Waals surface area contributed by atoms with Gasteiger partial charge in [-0.15, -0.1) is 14.4 Å². The van der Waals surface area contributed by atoms with E-state index in [1.165, 1.54) is 0 Å². The number of nitrogens with zero attached hydrogens (tertiary/aromatic N) is 7. The van der Waals surface area contributed by atoms with Crippen molar-refractivity contribution in [1.29, 1.82) is 0 Å². The van der Waals surface area contributed by atoms with Gasteiger partial charge in [0.25, 0.3) is 0 Å². The lowest BCUT2D eigenvalue weighted by Gasteiger charge is -2.26. The topological polar surface area (TPSA) is 56.7 Å². The van der Waals surface area contributed by atoms with Crippen molar-refractivity contribution >= 4 is 0 Å². The van der Waals surface area contributed by atoms with E-state index >= 15 is 0 Å². The van der Waals surface area contributed by atoms with Crippen LogP contribution in [0.25, 0.3) is 0 Å². The van der Waals surface area contributed by atoms with Gasteiger partial charge in [0.05, 0.1) is 34.2 Å². The van der Waals surface area contributed by atoms with Crippen LogP contribution in [0.2, 0.25) is 0 Å². The van der Waals surface area contributed by atoms with Crippen LogP contribution in [-0.2, 0) is 0 Å². The molecular weight excluding hydrogens is 278 g/mol. The van der Waals surface area contributed by atoms with E-state index in [1.54, 1.807) is 0 Å². The molecule has 0 aliphatic carbocycles. The molecule has 7 heteroatoms. The monoisotopic (exact) mass is 299 g/mol. The molecule has 116 valence electrons. The summed E-state index contributed by atoms with van der Waals surface area (Å²) in [5.41, 5.74) is 5.88. The molecule has 0 fully saturated rings. The van der Waals surface area contributed by atoms with Crippen molar-refractivity contribution in [1.82, 2.24) is 29.7 Å². The van der Waals surface area contributed by atoms with E-state index in [0.29, 0.717) is 0 Å². The summed E-state index contributed by atoms with van der Waals surface area (Å²) in [6.07, 6.45) is 0. The molecule has 0 bridgehead atoms. The van der Waals surface area contributed by atoms with Crippen LogP contribution >= 0.6 is 0 Å². The second-order valence-electron chi connectivity index (χ2n) is 5.72.